The van der Waals surface area contributed by atoms with Gasteiger partial charge in [-0.3, -0.25) is 4.90 Å². The lowest BCUT2D eigenvalue weighted by atomic mass is 10.3. The molecule has 0 rings (SSSR count). The molecule has 0 aliphatic rings. The third-order valence-corrected chi connectivity index (χ3v) is 6.47. The van der Waals surface area contributed by atoms with Gasteiger partial charge in [0, 0.05) is 40.5 Å². The maximum Gasteiger partial charge on any atom is 0.364 e. The van der Waals surface area contributed by atoms with E-state index in [1.165, 1.54) is 0 Å². The highest BCUT2D eigenvalue weighted by Crippen LogP contribution is 2.13. The first-order valence-electron chi connectivity index (χ1n) is 7.48. The van der Waals surface area contributed by atoms with Crippen LogP contribution in [0.4, 0.5) is 0 Å². The van der Waals surface area contributed by atoms with Crippen LogP contribution in [0.2, 0.25) is 6.04 Å². The Bertz CT molecular complexity index is 281. The second-order valence-corrected chi connectivity index (χ2v) is 8.56. The van der Waals surface area contributed by atoms with E-state index in [0.29, 0.717) is 32.3 Å². The average molecular weight is 334 g/mol. The predicted molar refractivity (Wildman–Crippen MR) is 89.9 cm³/mol. The normalized spacial score (nSPS) is 13.3. The Morgan fingerprint density at radius 2 is 1.77 bits per heavy atom. The summed E-state index contributed by atoms with van der Waals surface area (Å²) in [5.41, 5.74) is 0. The number of rotatable bonds is 15. The van der Waals surface area contributed by atoms with E-state index in [0.717, 1.165) is 6.42 Å². The Hall–Kier alpha value is -0.543. The second kappa shape index (κ2) is 12.9. The van der Waals surface area contributed by atoms with Gasteiger partial charge in [-0.1, -0.05) is 12.2 Å². The highest BCUT2D eigenvalue weighted by Gasteiger charge is 2.34. The van der Waals surface area contributed by atoms with Crippen LogP contribution in [0.25, 0.3) is 0 Å². The predicted octanol–water partition coefficient (Wildman–Crippen LogP) is 0.694. The topological polar surface area (TPSA) is 71.4 Å². The molecule has 0 spiro atoms. The molecule has 0 saturated carbocycles. The van der Waals surface area contributed by atoms with Gasteiger partial charge in [-0.2, -0.15) is 0 Å². The minimum absolute atomic E-state index is 0.0688. The molecule has 1 unspecified atom stereocenters. The fraction of sp³-hybridized carbons (Fsp3) is 0.733. The molecule has 0 heterocycles. The molecular formula is C15H31NO5Si. The van der Waals surface area contributed by atoms with Crippen LogP contribution in [0, 0.1) is 0 Å². The standard InChI is InChI=1S/C15H31NO5Si/c1-5-8-16(9-6-2)12-15(18)13-21-10-7-11-22(14-17,19-3)20-4/h5-6,15,17-18H,1-2,7-14H2,3-4H3. The third kappa shape index (κ3) is 8.79. The molecule has 6 nitrogen and oxygen atoms in total. The summed E-state index contributed by atoms with van der Waals surface area (Å²) in [4.78, 5) is 2.04. The van der Waals surface area contributed by atoms with Gasteiger partial charge in [0.15, 0.2) is 0 Å². The van der Waals surface area contributed by atoms with E-state index in [2.05, 4.69) is 13.2 Å². The summed E-state index contributed by atoms with van der Waals surface area (Å²) >= 11 is 0. The van der Waals surface area contributed by atoms with Crippen molar-refractivity contribution in [1.82, 2.24) is 4.90 Å². The molecule has 0 aliphatic heterocycles. The SMILES string of the molecule is C=CCN(CC=C)CC(O)COCCC[Si](CO)(OC)OC. The van der Waals surface area contributed by atoms with Gasteiger partial charge in [0.1, 0.15) is 0 Å². The molecule has 22 heavy (non-hydrogen) atoms. The van der Waals surface area contributed by atoms with Crippen molar-refractivity contribution in [3.63, 3.8) is 0 Å². The number of nitrogens with zero attached hydrogens (tertiary/aromatic N) is 1. The van der Waals surface area contributed by atoms with Crippen LogP contribution >= 0.6 is 0 Å². The summed E-state index contributed by atoms with van der Waals surface area (Å²) in [7, 11) is 0.660. The first kappa shape index (κ1) is 21.5. The molecular weight excluding hydrogens is 302 g/mol. The van der Waals surface area contributed by atoms with Crippen LogP contribution in [-0.2, 0) is 13.6 Å². The first-order chi connectivity index (χ1) is 10.6. The fourth-order valence-electron chi connectivity index (χ4n) is 2.10. The lowest BCUT2D eigenvalue weighted by Crippen LogP contribution is -2.44. The average Bonchev–Trinajstić information content (AvgIpc) is 2.52. The zero-order chi connectivity index (χ0) is 16.8. The largest absolute Gasteiger partial charge is 0.396 e. The molecule has 0 aromatic rings. The van der Waals surface area contributed by atoms with Gasteiger partial charge in [0.25, 0.3) is 0 Å². The molecule has 0 amide bonds. The Balaban J connectivity index is 3.90. The van der Waals surface area contributed by atoms with E-state index in [4.69, 9.17) is 13.6 Å². The van der Waals surface area contributed by atoms with Crippen molar-refractivity contribution in [3.8, 4) is 0 Å². The van der Waals surface area contributed by atoms with Crippen LogP contribution in [0.1, 0.15) is 6.42 Å². The number of ether oxygens (including phenoxy) is 1. The number of hydrogen-bond donors (Lipinski definition) is 2. The molecule has 0 bridgehead atoms. The lowest BCUT2D eigenvalue weighted by molar-refractivity contribution is 0.0198. The van der Waals surface area contributed by atoms with E-state index in [-0.39, 0.29) is 12.8 Å². The first-order valence-corrected chi connectivity index (χ1v) is 9.71. The molecule has 7 heteroatoms. The summed E-state index contributed by atoms with van der Waals surface area (Å²) < 4.78 is 16.1. The van der Waals surface area contributed by atoms with Crippen molar-refractivity contribution in [2.24, 2.45) is 0 Å². The minimum Gasteiger partial charge on any atom is -0.396 e. The molecule has 1 atom stereocenters. The van der Waals surface area contributed by atoms with Gasteiger partial charge in [-0.15, -0.1) is 13.2 Å². The molecule has 0 aliphatic carbocycles. The lowest BCUT2D eigenvalue weighted by Gasteiger charge is -2.25. The smallest absolute Gasteiger partial charge is 0.364 e. The van der Waals surface area contributed by atoms with Crippen molar-refractivity contribution < 1.29 is 23.8 Å². The van der Waals surface area contributed by atoms with Crippen LogP contribution < -0.4 is 0 Å². The molecule has 0 fully saturated rings. The van der Waals surface area contributed by atoms with Crippen LogP contribution in [0.15, 0.2) is 25.3 Å². The molecule has 0 aromatic carbocycles. The van der Waals surface area contributed by atoms with Crippen LogP contribution in [0.5, 0.6) is 0 Å². The monoisotopic (exact) mass is 333 g/mol. The Morgan fingerprint density at radius 3 is 2.23 bits per heavy atom. The van der Waals surface area contributed by atoms with Gasteiger partial charge in [-0.05, 0) is 12.5 Å². The molecule has 2 N–H and O–H groups in total. The fourth-order valence-corrected chi connectivity index (χ4v) is 3.77. The number of aliphatic hydroxyl groups excluding tert-OH is 2. The zero-order valence-corrected chi connectivity index (χ0v) is 14.9. The van der Waals surface area contributed by atoms with E-state index in [9.17, 15) is 10.2 Å². The maximum atomic E-state index is 9.95. The molecule has 0 aromatic heterocycles. The van der Waals surface area contributed by atoms with Crippen LogP contribution in [-0.4, -0.2) is 83.1 Å². The van der Waals surface area contributed by atoms with Gasteiger partial charge < -0.3 is 23.8 Å². The van der Waals surface area contributed by atoms with Crippen molar-refractivity contribution in [2.45, 2.75) is 18.6 Å². The summed E-state index contributed by atoms with van der Waals surface area (Å²) in [5.74, 6) is 0. The third-order valence-electron chi connectivity index (χ3n) is 3.39. The van der Waals surface area contributed by atoms with Gasteiger partial charge in [-0.25, -0.2) is 0 Å². The highest BCUT2D eigenvalue weighted by molar-refractivity contribution is 6.67. The summed E-state index contributed by atoms with van der Waals surface area (Å²) in [6.45, 7) is 10.1. The maximum absolute atomic E-state index is 9.95. The second-order valence-electron chi connectivity index (χ2n) is 5.11. The van der Waals surface area contributed by atoms with E-state index < -0.39 is 14.7 Å². The summed E-state index contributed by atoms with van der Waals surface area (Å²) in [6.07, 6.45) is 3.70. The highest BCUT2D eigenvalue weighted by atomic mass is 28.4. The minimum atomic E-state index is -2.46. The number of aliphatic hydroxyl groups is 2. The van der Waals surface area contributed by atoms with Crippen molar-refractivity contribution in [2.75, 3.05) is 53.3 Å². The Labute approximate surface area is 135 Å². The van der Waals surface area contributed by atoms with Gasteiger partial charge >= 0.3 is 8.56 Å². The molecule has 0 radical (unpaired) electrons. The quantitative estimate of drug-likeness (QED) is 0.261. The molecule has 130 valence electrons. The van der Waals surface area contributed by atoms with Crippen molar-refractivity contribution in [1.29, 1.82) is 0 Å². The van der Waals surface area contributed by atoms with Gasteiger partial charge in [0.2, 0.25) is 0 Å². The zero-order valence-electron chi connectivity index (χ0n) is 13.9. The number of hydrogen-bond acceptors (Lipinski definition) is 6. The summed E-state index contributed by atoms with van der Waals surface area (Å²) in [6, 6.07) is 0.658. The summed E-state index contributed by atoms with van der Waals surface area (Å²) in [5, 5.41) is 19.3. The van der Waals surface area contributed by atoms with E-state index >= 15 is 0 Å². The van der Waals surface area contributed by atoms with Crippen molar-refractivity contribution >= 4 is 8.56 Å². The molecule has 0 saturated heterocycles. The van der Waals surface area contributed by atoms with Crippen LogP contribution in [0.3, 0.4) is 0 Å². The van der Waals surface area contributed by atoms with E-state index in [1.807, 2.05) is 4.90 Å². The van der Waals surface area contributed by atoms with Gasteiger partial charge in [0.05, 0.1) is 18.9 Å². The van der Waals surface area contributed by atoms with Crippen molar-refractivity contribution in [3.05, 3.63) is 25.3 Å². The van der Waals surface area contributed by atoms with E-state index in [1.54, 1.807) is 26.4 Å². The Kier molecular flexibility index (Phi) is 12.6. The Morgan fingerprint density at radius 1 is 1.18 bits per heavy atom.